The van der Waals surface area contributed by atoms with Crippen molar-refractivity contribution in [2.45, 2.75) is 65.2 Å². The van der Waals surface area contributed by atoms with Gasteiger partial charge in [0.25, 0.3) is 0 Å². The number of para-hydroxylation sites is 1. The number of rotatable bonds is 7. The molecule has 32 heavy (non-hydrogen) atoms. The van der Waals surface area contributed by atoms with Crippen LogP contribution in [-0.4, -0.2) is 31.4 Å². The second-order valence-electron chi connectivity index (χ2n) is 9.92. The molecule has 6 heteroatoms. The first kappa shape index (κ1) is 25.2. The van der Waals surface area contributed by atoms with Gasteiger partial charge in [-0.15, -0.1) is 0 Å². The maximum Gasteiger partial charge on any atom is 0.240 e. The van der Waals surface area contributed by atoms with Crippen LogP contribution in [0.1, 0.15) is 70.2 Å². The van der Waals surface area contributed by atoms with E-state index in [0.29, 0.717) is 29.2 Å². The van der Waals surface area contributed by atoms with Crippen molar-refractivity contribution in [1.82, 2.24) is 5.43 Å². The van der Waals surface area contributed by atoms with Gasteiger partial charge in [0, 0.05) is 12.0 Å². The van der Waals surface area contributed by atoms with Crippen LogP contribution >= 0.6 is 0 Å². The summed E-state index contributed by atoms with van der Waals surface area (Å²) in [5.74, 6) is 1.31. The highest BCUT2D eigenvalue weighted by Crippen LogP contribution is 2.40. The zero-order valence-electron chi connectivity index (χ0n) is 20.5. The molecule has 0 spiro atoms. The second kappa shape index (κ2) is 10.1. The van der Waals surface area contributed by atoms with E-state index in [2.05, 4.69) is 52.1 Å². The number of phenolic OH excluding ortho intramolecular Hbond substituents is 1. The van der Waals surface area contributed by atoms with Gasteiger partial charge >= 0.3 is 0 Å². The van der Waals surface area contributed by atoms with Crippen LogP contribution in [0.5, 0.6) is 17.2 Å². The van der Waals surface area contributed by atoms with Gasteiger partial charge in [-0.2, -0.15) is 5.10 Å². The van der Waals surface area contributed by atoms with Crippen LogP contribution < -0.4 is 14.9 Å². The lowest BCUT2D eigenvalue weighted by Gasteiger charge is -2.28. The Morgan fingerprint density at radius 1 is 1.03 bits per heavy atom. The molecule has 2 aromatic carbocycles. The molecule has 0 radical (unpaired) electrons. The van der Waals surface area contributed by atoms with Gasteiger partial charge in [0.05, 0.1) is 20.4 Å². The summed E-state index contributed by atoms with van der Waals surface area (Å²) < 4.78 is 10.6. The fourth-order valence-electron chi connectivity index (χ4n) is 3.48. The predicted molar refractivity (Wildman–Crippen MR) is 129 cm³/mol. The standard InChI is InChI=1S/C26H36N2O4/c1-25(2,3)19-14-17(15-20(23(19)30)26(4,5)6)12-13-22(29)28-27-16-18-10-9-11-21(31-7)24(18)32-8/h9-11,14-16,30H,12-13H2,1-8H3,(H,28,29). The van der Waals surface area contributed by atoms with Crippen LogP contribution in [-0.2, 0) is 22.0 Å². The Morgan fingerprint density at radius 2 is 1.62 bits per heavy atom. The molecule has 0 atom stereocenters. The molecule has 0 saturated heterocycles. The second-order valence-corrected chi connectivity index (χ2v) is 9.92. The Kier molecular flexibility index (Phi) is 7.94. The fraction of sp³-hybridized carbons (Fsp3) is 0.462. The number of hydrogen-bond donors (Lipinski definition) is 2. The maximum atomic E-state index is 12.4. The molecule has 0 unspecified atom stereocenters. The number of benzene rings is 2. The summed E-state index contributed by atoms with van der Waals surface area (Å²) in [6.07, 6.45) is 2.37. The largest absolute Gasteiger partial charge is 0.507 e. The average molecular weight is 441 g/mol. The fourth-order valence-corrected chi connectivity index (χ4v) is 3.48. The van der Waals surface area contributed by atoms with Crippen LogP contribution in [0.25, 0.3) is 0 Å². The molecule has 0 bridgehead atoms. The third-order valence-corrected chi connectivity index (χ3v) is 5.25. The van der Waals surface area contributed by atoms with E-state index >= 15 is 0 Å². The van der Waals surface area contributed by atoms with E-state index in [9.17, 15) is 9.90 Å². The van der Waals surface area contributed by atoms with Crippen LogP contribution in [0.2, 0.25) is 0 Å². The minimum atomic E-state index is -0.206. The van der Waals surface area contributed by atoms with Crippen molar-refractivity contribution in [3.8, 4) is 17.2 Å². The molecule has 2 N–H and O–H groups in total. The normalized spacial score (nSPS) is 12.1. The molecule has 0 aliphatic heterocycles. The summed E-state index contributed by atoms with van der Waals surface area (Å²) in [6, 6.07) is 9.46. The van der Waals surface area contributed by atoms with Crippen molar-refractivity contribution in [2.24, 2.45) is 5.10 Å². The zero-order chi connectivity index (χ0) is 24.1. The SMILES string of the molecule is COc1cccc(C=NNC(=O)CCc2cc(C(C)(C)C)c(O)c(C(C)(C)C)c2)c1OC. The van der Waals surface area contributed by atoms with Crippen molar-refractivity contribution in [2.75, 3.05) is 14.2 Å². The van der Waals surface area contributed by atoms with Crippen molar-refractivity contribution >= 4 is 12.1 Å². The Balaban J connectivity index is 2.13. The first-order chi connectivity index (χ1) is 14.9. The van der Waals surface area contributed by atoms with Crippen molar-refractivity contribution < 1.29 is 19.4 Å². The van der Waals surface area contributed by atoms with Crippen molar-refractivity contribution in [3.63, 3.8) is 0 Å². The lowest BCUT2D eigenvalue weighted by atomic mass is 9.78. The van der Waals surface area contributed by atoms with Crippen LogP contribution in [0.15, 0.2) is 35.4 Å². The Hall–Kier alpha value is -3.02. The van der Waals surface area contributed by atoms with Crippen LogP contribution in [0.4, 0.5) is 0 Å². The monoisotopic (exact) mass is 440 g/mol. The zero-order valence-corrected chi connectivity index (χ0v) is 20.5. The van der Waals surface area contributed by atoms with Gasteiger partial charge < -0.3 is 14.6 Å². The average Bonchev–Trinajstić information content (AvgIpc) is 2.70. The van der Waals surface area contributed by atoms with E-state index in [4.69, 9.17) is 9.47 Å². The minimum absolute atomic E-state index is 0.189. The summed E-state index contributed by atoms with van der Waals surface area (Å²) in [6.45, 7) is 12.5. The van der Waals surface area contributed by atoms with Gasteiger partial charge in [-0.3, -0.25) is 4.79 Å². The number of amides is 1. The van der Waals surface area contributed by atoms with Crippen LogP contribution in [0.3, 0.4) is 0 Å². The highest BCUT2D eigenvalue weighted by atomic mass is 16.5. The molecule has 2 rings (SSSR count). The molecular weight excluding hydrogens is 404 g/mol. The summed E-state index contributed by atoms with van der Waals surface area (Å²) in [5, 5.41) is 14.9. The summed E-state index contributed by atoms with van der Waals surface area (Å²) in [5.41, 5.74) is 5.67. The lowest BCUT2D eigenvalue weighted by Crippen LogP contribution is -2.20. The van der Waals surface area contributed by atoms with Gasteiger partial charge in [-0.05, 0) is 46.1 Å². The van der Waals surface area contributed by atoms with Crippen molar-refractivity contribution in [3.05, 3.63) is 52.6 Å². The number of aromatic hydroxyl groups is 1. The van der Waals surface area contributed by atoms with E-state index in [-0.39, 0.29) is 23.2 Å². The van der Waals surface area contributed by atoms with Gasteiger partial charge in [-0.1, -0.05) is 59.7 Å². The number of ether oxygens (including phenoxy) is 2. The van der Waals surface area contributed by atoms with E-state index in [1.165, 1.54) is 6.21 Å². The molecule has 2 aromatic rings. The quantitative estimate of drug-likeness (QED) is 0.464. The smallest absolute Gasteiger partial charge is 0.240 e. The van der Waals surface area contributed by atoms with Gasteiger partial charge in [0.15, 0.2) is 11.5 Å². The molecule has 6 nitrogen and oxygen atoms in total. The Morgan fingerprint density at radius 3 is 2.12 bits per heavy atom. The molecule has 0 heterocycles. The summed E-state index contributed by atoms with van der Waals surface area (Å²) in [7, 11) is 3.13. The highest BCUT2D eigenvalue weighted by Gasteiger charge is 2.26. The number of nitrogens with one attached hydrogen (secondary N) is 1. The number of nitrogens with zero attached hydrogens (tertiary/aromatic N) is 1. The number of carbonyl (C=O) groups is 1. The molecule has 1 amide bonds. The van der Waals surface area contributed by atoms with Crippen molar-refractivity contribution in [1.29, 1.82) is 0 Å². The molecular formula is C26H36N2O4. The first-order valence-corrected chi connectivity index (χ1v) is 10.8. The van der Waals surface area contributed by atoms with E-state index in [0.717, 1.165) is 16.7 Å². The molecule has 0 aliphatic carbocycles. The number of hydrazone groups is 1. The third-order valence-electron chi connectivity index (χ3n) is 5.25. The lowest BCUT2D eigenvalue weighted by molar-refractivity contribution is -0.121. The number of aryl methyl sites for hydroxylation is 1. The summed E-state index contributed by atoms with van der Waals surface area (Å²) in [4.78, 5) is 12.4. The number of methoxy groups -OCH3 is 2. The topological polar surface area (TPSA) is 80.2 Å². The Bertz CT molecular complexity index is 947. The predicted octanol–water partition coefficient (Wildman–Crippen LogP) is 5.09. The highest BCUT2D eigenvalue weighted by molar-refractivity contribution is 5.86. The molecule has 174 valence electrons. The molecule has 0 aliphatic rings. The summed E-state index contributed by atoms with van der Waals surface area (Å²) >= 11 is 0. The van der Waals surface area contributed by atoms with Gasteiger partial charge in [0.2, 0.25) is 5.91 Å². The van der Waals surface area contributed by atoms with Gasteiger partial charge in [-0.25, -0.2) is 5.43 Å². The number of hydrogen-bond acceptors (Lipinski definition) is 5. The first-order valence-electron chi connectivity index (χ1n) is 10.8. The Labute approximate surface area is 191 Å². The van der Waals surface area contributed by atoms with E-state index in [1.807, 2.05) is 24.3 Å². The number of carbonyl (C=O) groups excluding carboxylic acids is 1. The number of phenols is 1. The maximum absolute atomic E-state index is 12.4. The third kappa shape index (κ3) is 6.25. The van der Waals surface area contributed by atoms with E-state index in [1.54, 1.807) is 20.3 Å². The van der Waals surface area contributed by atoms with Gasteiger partial charge in [0.1, 0.15) is 5.75 Å². The van der Waals surface area contributed by atoms with Crippen LogP contribution in [0, 0.1) is 0 Å². The molecule has 0 aromatic heterocycles. The molecule has 0 saturated carbocycles. The van der Waals surface area contributed by atoms with E-state index < -0.39 is 0 Å². The molecule has 0 fully saturated rings. The minimum Gasteiger partial charge on any atom is -0.507 e.